The van der Waals surface area contributed by atoms with Crippen molar-refractivity contribution in [2.24, 2.45) is 5.92 Å². The van der Waals surface area contributed by atoms with Crippen LogP contribution in [-0.4, -0.2) is 39.5 Å². The van der Waals surface area contributed by atoms with E-state index in [1.165, 1.54) is 30.6 Å². The molecule has 0 unspecified atom stereocenters. The van der Waals surface area contributed by atoms with Gasteiger partial charge in [-0.1, -0.05) is 30.6 Å². The van der Waals surface area contributed by atoms with Crippen LogP contribution in [0.25, 0.3) is 0 Å². The highest BCUT2D eigenvalue weighted by Crippen LogP contribution is 2.29. The third-order valence-electron chi connectivity index (χ3n) is 4.30. The minimum absolute atomic E-state index is 0.113. The third kappa shape index (κ3) is 3.23. The van der Waals surface area contributed by atoms with Crippen LogP contribution in [0.1, 0.15) is 43.5 Å². The Hall–Kier alpha value is -1.50. The van der Waals surface area contributed by atoms with E-state index in [1.54, 1.807) is 0 Å². The predicted octanol–water partition coefficient (Wildman–Crippen LogP) is 1.97. The second kappa shape index (κ2) is 6.09. The summed E-state index contributed by atoms with van der Waals surface area (Å²) in [5.74, 6) is -0.253. The van der Waals surface area contributed by atoms with Crippen molar-refractivity contribution in [1.82, 2.24) is 15.1 Å². The molecule has 1 N–H and O–H groups in total. The molecule has 21 heavy (non-hydrogen) atoms. The summed E-state index contributed by atoms with van der Waals surface area (Å²) in [6, 6.07) is 0.341. The first-order chi connectivity index (χ1) is 10.1. The summed E-state index contributed by atoms with van der Waals surface area (Å²) in [6.45, 7) is 2.39. The lowest BCUT2D eigenvalue weighted by Crippen LogP contribution is -2.38. The van der Waals surface area contributed by atoms with Crippen LogP contribution in [0.15, 0.2) is 0 Å². The van der Waals surface area contributed by atoms with Crippen molar-refractivity contribution >= 4 is 28.3 Å². The van der Waals surface area contributed by atoms with E-state index in [0.29, 0.717) is 24.1 Å². The lowest BCUT2D eigenvalue weighted by Gasteiger charge is -2.31. The molecule has 1 aromatic rings. The maximum absolute atomic E-state index is 12.2. The average Bonchev–Trinajstić information content (AvgIpc) is 3.06. The van der Waals surface area contributed by atoms with Crippen LogP contribution in [0, 0.1) is 12.8 Å². The molecule has 114 valence electrons. The van der Waals surface area contributed by atoms with Crippen LogP contribution in [0.3, 0.4) is 0 Å². The summed E-state index contributed by atoms with van der Waals surface area (Å²) in [5.41, 5.74) is 0. The number of hydrogen-bond donors (Lipinski definition) is 1. The minimum atomic E-state index is -0.261. The van der Waals surface area contributed by atoms with Crippen LogP contribution in [0.5, 0.6) is 0 Å². The van der Waals surface area contributed by atoms with Crippen LogP contribution in [0.4, 0.5) is 5.13 Å². The summed E-state index contributed by atoms with van der Waals surface area (Å²) < 4.78 is 0. The van der Waals surface area contributed by atoms with Gasteiger partial charge in [0.15, 0.2) is 0 Å². The smallest absolute Gasteiger partial charge is 0.231 e. The molecule has 1 aliphatic heterocycles. The Bertz CT molecular complexity index is 539. The fraction of sp³-hybridized carbons (Fsp3) is 0.714. The van der Waals surface area contributed by atoms with Crippen molar-refractivity contribution < 1.29 is 9.59 Å². The Kier molecular flexibility index (Phi) is 4.19. The largest absolute Gasteiger partial charge is 0.339 e. The first kappa shape index (κ1) is 14.4. The van der Waals surface area contributed by atoms with Crippen molar-refractivity contribution in [3.05, 3.63) is 5.01 Å². The van der Waals surface area contributed by atoms with Gasteiger partial charge in [0, 0.05) is 19.0 Å². The fourth-order valence-corrected chi connectivity index (χ4v) is 3.80. The van der Waals surface area contributed by atoms with Gasteiger partial charge in [-0.25, -0.2) is 0 Å². The van der Waals surface area contributed by atoms with E-state index in [0.717, 1.165) is 17.8 Å². The van der Waals surface area contributed by atoms with Crippen LogP contribution >= 0.6 is 11.3 Å². The molecule has 0 aromatic carbocycles. The van der Waals surface area contributed by atoms with E-state index < -0.39 is 0 Å². The first-order valence-electron chi connectivity index (χ1n) is 7.54. The number of likely N-dealkylation sites (tertiary alicyclic amines) is 1. The maximum Gasteiger partial charge on any atom is 0.231 e. The molecule has 0 spiro atoms. The molecule has 1 saturated carbocycles. The molecule has 1 saturated heterocycles. The lowest BCUT2D eigenvalue weighted by molar-refractivity contribution is -0.130. The van der Waals surface area contributed by atoms with Gasteiger partial charge < -0.3 is 10.2 Å². The molecule has 3 rings (SSSR count). The molecule has 2 fully saturated rings. The molecule has 7 heteroatoms. The highest BCUT2D eigenvalue weighted by Gasteiger charge is 2.38. The highest BCUT2D eigenvalue weighted by molar-refractivity contribution is 7.15. The molecular formula is C14H20N4O2S. The van der Waals surface area contributed by atoms with E-state index in [1.807, 2.05) is 11.8 Å². The monoisotopic (exact) mass is 308 g/mol. The zero-order valence-corrected chi connectivity index (χ0v) is 13.0. The van der Waals surface area contributed by atoms with Gasteiger partial charge in [0.1, 0.15) is 5.01 Å². The molecule has 2 heterocycles. The van der Waals surface area contributed by atoms with E-state index in [-0.39, 0.29) is 17.7 Å². The quantitative estimate of drug-likeness (QED) is 0.926. The SMILES string of the molecule is Cc1nnc(NC(=O)[C@H]2CC(=O)N(C3CCCCC3)C2)s1. The Morgan fingerprint density at radius 2 is 2.05 bits per heavy atom. The van der Waals surface area contributed by atoms with E-state index in [4.69, 9.17) is 0 Å². The Labute approximate surface area is 127 Å². The number of amides is 2. The molecule has 1 atom stereocenters. The molecule has 1 aromatic heterocycles. The minimum Gasteiger partial charge on any atom is -0.339 e. The summed E-state index contributed by atoms with van der Waals surface area (Å²) >= 11 is 1.35. The number of aryl methyl sites for hydroxylation is 1. The molecule has 0 bridgehead atoms. The summed E-state index contributed by atoms with van der Waals surface area (Å²) in [6.07, 6.45) is 6.12. The first-order valence-corrected chi connectivity index (χ1v) is 8.35. The number of anilines is 1. The topological polar surface area (TPSA) is 75.2 Å². The predicted molar refractivity (Wildman–Crippen MR) is 80.0 cm³/mol. The fourth-order valence-electron chi connectivity index (χ4n) is 3.21. The number of aromatic nitrogens is 2. The van der Waals surface area contributed by atoms with Gasteiger partial charge in [0.2, 0.25) is 16.9 Å². The van der Waals surface area contributed by atoms with Crippen LogP contribution in [-0.2, 0) is 9.59 Å². The Morgan fingerprint density at radius 3 is 2.71 bits per heavy atom. The number of rotatable bonds is 3. The summed E-state index contributed by atoms with van der Waals surface area (Å²) in [4.78, 5) is 26.3. The Balaban J connectivity index is 1.59. The van der Waals surface area contributed by atoms with Gasteiger partial charge in [-0.15, -0.1) is 10.2 Å². The van der Waals surface area contributed by atoms with Crippen molar-refractivity contribution in [2.45, 2.75) is 51.5 Å². The lowest BCUT2D eigenvalue weighted by atomic mass is 9.94. The van der Waals surface area contributed by atoms with Gasteiger partial charge >= 0.3 is 0 Å². The highest BCUT2D eigenvalue weighted by atomic mass is 32.1. The average molecular weight is 308 g/mol. The zero-order chi connectivity index (χ0) is 14.8. The van der Waals surface area contributed by atoms with Crippen molar-refractivity contribution in [3.63, 3.8) is 0 Å². The molecular weight excluding hydrogens is 288 g/mol. The number of nitrogens with one attached hydrogen (secondary N) is 1. The van der Waals surface area contributed by atoms with Gasteiger partial charge in [-0.3, -0.25) is 9.59 Å². The van der Waals surface area contributed by atoms with Crippen molar-refractivity contribution in [3.8, 4) is 0 Å². The molecule has 2 aliphatic rings. The third-order valence-corrected chi connectivity index (χ3v) is 5.05. The van der Waals surface area contributed by atoms with E-state index in [9.17, 15) is 9.59 Å². The molecule has 6 nitrogen and oxygen atoms in total. The summed E-state index contributed by atoms with van der Waals surface area (Å²) in [5, 5.41) is 11.9. The number of carbonyl (C=O) groups excluding carboxylic acids is 2. The molecule has 2 amide bonds. The molecule has 1 aliphatic carbocycles. The van der Waals surface area contributed by atoms with Gasteiger partial charge in [0.05, 0.1) is 5.92 Å². The van der Waals surface area contributed by atoms with Gasteiger partial charge in [-0.05, 0) is 19.8 Å². The van der Waals surface area contributed by atoms with Crippen LogP contribution < -0.4 is 5.32 Å². The van der Waals surface area contributed by atoms with Crippen molar-refractivity contribution in [2.75, 3.05) is 11.9 Å². The summed E-state index contributed by atoms with van der Waals surface area (Å²) in [7, 11) is 0. The second-order valence-corrected chi connectivity index (χ2v) is 7.04. The Morgan fingerprint density at radius 1 is 1.29 bits per heavy atom. The van der Waals surface area contributed by atoms with Gasteiger partial charge in [-0.2, -0.15) is 0 Å². The number of carbonyl (C=O) groups is 2. The zero-order valence-electron chi connectivity index (χ0n) is 12.2. The number of nitrogens with zero attached hydrogens (tertiary/aromatic N) is 3. The number of hydrogen-bond acceptors (Lipinski definition) is 5. The second-order valence-electron chi connectivity index (χ2n) is 5.85. The van der Waals surface area contributed by atoms with Crippen LogP contribution in [0.2, 0.25) is 0 Å². The normalized spacial score (nSPS) is 23.6. The van der Waals surface area contributed by atoms with Crippen molar-refractivity contribution in [1.29, 1.82) is 0 Å². The van der Waals surface area contributed by atoms with E-state index >= 15 is 0 Å². The van der Waals surface area contributed by atoms with E-state index in [2.05, 4.69) is 15.5 Å². The standard InChI is InChI=1S/C14H20N4O2S/c1-9-16-17-14(21-9)15-13(20)10-7-12(19)18(8-10)11-5-3-2-4-6-11/h10-11H,2-8H2,1H3,(H,15,17,20)/t10-/m0/s1. The van der Waals surface area contributed by atoms with Gasteiger partial charge in [0.25, 0.3) is 0 Å². The maximum atomic E-state index is 12.2. The molecule has 0 radical (unpaired) electrons.